The van der Waals surface area contributed by atoms with Gasteiger partial charge in [0, 0.05) is 5.41 Å². The Labute approximate surface area is 125 Å². The fourth-order valence-electron chi connectivity index (χ4n) is 2.67. The summed E-state index contributed by atoms with van der Waals surface area (Å²) >= 11 is 0. The molecule has 1 aliphatic carbocycles. The molecule has 6 nitrogen and oxygen atoms in total. The minimum Gasteiger partial charge on any atom is -0.481 e. The zero-order valence-corrected chi connectivity index (χ0v) is 13.3. The van der Waals surface area contributed by atoms with Crippen LogP contribution in [0.15, 0.2) is 0 Å². The third-order valence-electron chi connectivity index (χ3n) is 4.02. The van der Waals surface area contributed by atoms with Crippen molar-refractivity contribution >= 4 is 17.8 Å². The summed E-state index contributed by atoms with van der Waals surface area (Å²) < 4.78 is 0. The van der Waals surface area contributed by atoms with Crippen molar-refractivity contribution in [3.05, 3.63) is 0 Å². The summed E-state index contributed by atoms with van der Waals surface area (Å²) in [6.45, 7) is 6.95. The van der Waals surface area contributed by atoms with E-state index in [0.717, 1.165) is 12.8 Å². The minimum absolute atomic E-state index is 0.127. The van der Waals surface area contributed by atoms with E-state index in [1.54, 1.807) is 27.7 Å². The Morgan fingerprint density at radius 2 is 1.86 bits per heavy atom. The molecule has 0 aromatic carbocycles. The molecule has 0 radical (unpaired) electrons. The summed E-state index contributed by atoms with van der Waals surface area (Å²) in [6, 6.07) is 0. The molecular weight excluding hydrogens is 272 g/mol. The number of aliphatic carboxylic acids is 1. The van der Waals surface area contributed by atoms with Gasteiger partial charge in [-0.3, -0.25) is 14.4 Å². The third kappa shape index (κ3) is 4.72. The molecular formula is C15H26N2O4. The molecule has 1 saturated carbocycles. The van der Waals surface area contributed by atoms with Gasteiger partial charge in [-0.15, -0.1) is 0 Å². The van der Waals surface area contributed by atoms with E-state index in [1.165, 1.54) is 0 Å². The van der Waals surface area contributed by atoms with Gasteiger partial charge in [0.15, 0.2) is 0 Å². The van der Waals surface area contributed by atoms with Crippen molar-refractivity contribution in [3.8, 4) is 0 Å². The van der Waals surface area contributed by atoms with Crippen LogP contribution in [0.25, 0.3) is 0 Å². The second kappa shape index (κ2) is 6.45. The molecule has 0 aromatic rings. The normalized spacial score (nSPS) is 26.0. The van der Waals surface area contributed by atoms with E-state index >= 15 is 0 Å². The maximum absolute atomic E-state index is 12.0. The second-order valence-electron chi connectivity index (χ2n) is 7.03. The first-order valence-corrected chi connectivity index (χ1v) is 7.38. The van der Waals surface area contributed by atoms with Crippen molar-refractivity contribution in [3.63, 3.8) is 0 Å². The predicted molar refractivity (Wildman–Crippen MR) is 78.6 cm³/mol. The van der Waals surface area contributed by atoms with Crippen molar-refractivity contribution in [2.24, 2.45) is 11.3 Å². The smallest absolute Gasteiger partial charge is 0.308 e. The zero-order chi connectivity index (χ0) is 16.3. The molecule has 21 heavy (non-hydrogen) atoms. The molecule has 0 bridgehead atoms. The van der Waals surface area contributed by atoms with Crippen LogP contribution in [-0.4, -0.2) is 35.0 Å². The Morgan fingerprint density at radius 1 is 1.24 bits per heavy atom. The lowest BCUT2D eigenvalue weighted by molar-refractivity contribution is -0.147. The van der Waals surface area contributed by atoms with Gasteiger partial charge in [-0.2, -0.15) is 0 Å². The number of amides is 2. The third-order valence-corrected chi connectivity index (χ3v) is 4.02. The van der Waals surface area contributed by atoms with Gasteiger partial charge in [0.2, 0.25) is 11.8 Å². The van der Waals surface area contributed by atoms with Gasteiger partial charge >= 0.3 is 5.97 Å². The topological polar surface area (TPSA) is 95.5 Å². The van der Waals surface area contributed by atoms with Crippen molar-refractivity contribution in [1.29, 1.82) is 0 Å². The van der Waals surface area contributed by atoms with E-state index in [1.807, 2.05) is 0 Å². The molecule has 2 atom stereocenters. The highest BCUT2D eigenvalue weighted by atomic mass is 16.4. The molecule has 120 valence electrons. The van der Waals surface area contributed by atoms with E-state index in [0.29, 0.717) is 12.8 Å². The van der Waals surface area contributed by atoms with E-state index in [-0.39, 0.29) is 18.4 Å². The number of carbonyl (C=O) groups is 3. The van der Waals surface area contributed by atoms with Crippen LogP contribution in [0.2, 0.25) is 0 Å². The quantitative estimate of drug-likeness (QED) is 0.729. The summed E-state index contributed by atoms with van der Waals surface area (Å²) in [6.07, 6.45) is 2.97. The number of carbonyl (C=O) groups excluding carboxylic acids is 2. The largest absolute Gasteiger partial charge is 0.481 e. The van der Waals surface area contributed by atoms with Crippen LogP contribution < -0.4 is 10.6 Å². The lowest BCUT2D eigenvalue weighted by atomic mass is 9.74. The number of nitrogens with one attached hydrogen (secondary N) is 2. The molecule has 3 N–H and O–H groups in total. The highest BCUT2D eigenvalue weighted by Crippen LogP contribution is 2.33. The fraction of sp³-hybridized carbons (Fsp3) is 0.800. The van der Waals surface area contributed by atoms with Crippen LogP contribution in [0.4, 0.5) is 0 Å². The van der Waals surface area contributed by atoms with Crippen LogP contribution in [0.3, 0.4) is 0 Å². The fourth-order valence-corrected chi connectivity index (χ4v) is 2.67. The Bertz CT molecular complexity index is 428. The lowest BCUT2D eigenvalue weighted by Gasteiger charge is -2.39. The monoisotopic (exact) mass is 298 g/mol. The first kappa shape index (κ1) is 17.5. The van der Waals surface area contributed by atoms with Crippen LogP contribution >= 0.6 is 0 Å². The molecule has 1 aliphatic rings. The molecule has 1 rings (SSSR count). The average molecular weight is 298 g/mol. The predicted octanol–water partition coefficient (Wildman–Crippen LogP) is 1.30. The van der Waals surface area contributed by atoms with Gasteiger partial charge in [0.25, 0.3) is 0 Å². The van der Waals surface area contributed by atoms with Crippen molar-refractivity contribution in [2.75, 3.05) is 6.54 Å². The van der Waals surface area contributed by atoms with Crippen molar-refractivity contribution in [2.45, 2.75) is 58.9 Å². The summed E-state index contributed by atoms with van der Waals surface area (Å²) in [5, 5.41) is 14.7. The van der Waals surface area contributed by atoms with Gasteiger partial charge < -0.3 is 15.7 Å². The van der Waals surface area contributed by atoms with Crippen LogP contribution in [0.5, 0.6) is 0 Å². The minimum atomic E-state index is -0.878. The number of hydrogen-bond donors (Lipinski definition) is 3. The first-order chi connectivity index (χ1) is 9.56. The molecule has 0 heterocycles. The van der Waals surface area contributed by atoms with Gasteiger partial charge in [-0.05, 0) is 19.8 Å². The Morgan fingerprint density at radius 3 is 2.38 bits per heavy atom. The summed E-state index contributed by atoms with van der Waals surface area (Å²) in [7, 11) is 0. The number of carboxylic acid groups (broad SMARTS) is 1. The van der Waals surface area contributed by atoms with Crippen molar-refractivity contribution in [1.82, 2.24) is 10.6 Å². The summed E-state index contributed by atoms with van der Waals surface area (Å²) in [5.41, 5.74) is -1.30. The maximum atomic E-state index is 12.0. The molecule has 2 unspecified atom stereocenters. The highest BCUT2D eigenvalue weighted by Gasteiger charge is 2.42. The zero-order valence-electron chi connectivity index (χ0n) is 13.3. The molecule has 2 amide bonds. The average Bonchev–Trinajstić information content (AvgIpc) is 2.34. The van der Waals surface area contributed by atoms with E-state index in [2.05, 4.69) is 10.6 Å². The van der Waals surface area contributed by atoms with E-state index in [4.69, 9.17) is 0 Å². The summed E-state index contributed by atoms with van der Waals surface area (Å²) in [4.78, 5) is 35.1. The van der Waals surface area contributed by atoms with Gasteiger partial charge in [-0.1, -0.05) is 33.6 Å². The standard InChI is InChI=1S/C15H26N2O4/c1-14(2,3)13(21)16-9-11(18)17-15(4)8-6-5-7-10(15)12(19)20/h10H,5-9H2,1-4H3,(H,16,21)(H,17,18)(H,19,20). The first-order valence-electron chi connectivity index (χ1n) is 7.38. The van der Waals surface area contributed by atoms with Crippen molar-refractivity contribution < 1.29 is 19.5 Å². The van der Waals surface area contributed by atoms with E-state index in [9.17, 15) is 19.5 Å². The molecule has 0 aromatic heterocycles. The molecule has 0 saturated heterocycles. The number of rotatable bonds is 4. The van der Waals surface area contributed by atoms with Crippen LogP contribution in [0.1, 0.15) is 53.4 Å². The molecule has 6 heteroatoms. The lowest BCUT2D eigenvalue weighted by Crippen LogP contribution is -2.57. The second-order valence-corrected chi connectivity index (χ2v) is 7.03. The van der Waals surface area contributed by atoms with E-state index < -0.39 is 22.8 Å². The summed E-state index contributed by atoms with van der Waals surface area (Å²) in [5.74, 6) is -2.01. The van der Waals surface area contributed by atoms with Crippen LogP contribution in [0, 0.1) is 11.3 Å². The molecule has 0 aliphatic heterocycles. The number of carboxylic acids is 1. The number of hydrogen-bond acceptors (Lipinski definition) is 3. The Hall–Kier alpha value is -1.59. The van der Waals surface area contributed by atoms with Crippen LogP contribution in [-0.2, 0) is 14.4 Å². The molecule has 0 spiro atoms. The Kier molecular flexibility index (Phi) is 5.36. The van der Waals surface area contributed by atoms with Gasteiger partial charge in [0.05, 0.1) is 18.0 Å². The molecule has 1 fully saturated rings. The Balaban J connectivity index is 2.60. The maximum Gasteiger partial charge on any atom is 0.308 e. The highest BCUT2D eigenvalue weighted by molar-refractivity contribution is 5.87. The van der Waals surface area contributed by atoms with Gasteiger partial charge in [0.1, 0.15) is 0 Å². The SMILES string of the molecule is CC(C)(C)C(=O)NCC(=O)NC1(C)CCCCC1C(=O)O. The van der Waals surface area contributed by atoms with Gasteiger partial charge in [-0.25, -0.2) is 0 Å².